The molecule has 0 heterocycles. The van der Waals surface area contributed by atoms with E-state index < -0.39 is 0 Å². The molecule has 0 atom stereocenters. The molecule has 0 rings (SSSR count). The summed E-state index contributed by atoms with van der Waals surface area (Å²) < 4.78 is 0. The van der Waals surface area contributed by atoms with E-state index in [-0.39, 0.29) is 13.5 Å². The summed E-state index contributed by atoms with van der Waals surface area (Å²) >= 11 is 0. The van der Waals surface area contributed by atoms with Crippen molar-refractivity contribution >= 4 is 13.5 Å². The van der Waals surface area contributed by atoms with Crippen LogP contribution in [0.25, 0.3) is 0 Å². The molecule has 0 aromatic heterocycles. The number of nitrogens with two attached hydrogens (primary N) is 2. The quantitative estimate of drug-likeness (QED) is 0.438. The van der Waals surface area contributed by atoms with Crippen LogP contribution in [-0.4, -0.2) is 13.1 Å². The molecule has 0 aliphatic rings. The molecule has 0 aromatic carbocycles. The van der Waals surface area contributed by atoms with Crippen molar-refractivity contribution in [3.05, 3.63) is 0 Å². The van der Waals surface area contributed by atoms with Gasteiger partial charge in [-0.1, -0.05) is 0 Å². The molecule has 0 unspecified atom stereocenters. The first kappa shape index (κ1) is 8.99. The van der Waals surface area contributed by atoms with Crippen molar-refractivity contribution in [2.24, 2.45) is 11.5 Å². The van der Waals surface area contributed by atoms with E-state index in [1.807, 2.05) is 0 Å². The summed E-state index contributed by atoms with van der Waals surface area (Å²) in [5.41, 5.74) is 9.81. The highest BCUT2D eigenvalue weighted by Crippen LogP contribution is 1.24. The minimum absolute atomic E-state index is 0. The SMILES string of the molecule is NCCN.S. The molecule has 0 aliphatic carbocycles. The number of hydrogen-bond donors (Lipinski definition) is 2. The maximum absolute atomic E-state index is 4.90. The average Bonchev–Trinajstić information content (AvgIpc) is 1.37. The minimum Gasteiger partial charge on any atom is -0.329 e. The van der Waals surface area contributed by atoms with Crippen LogP contribution in [-0.2, 0) is 0 Å². The van der Waals surface area contributed by atoms with Crippen molar-refractivity contribution in [2.45, 2.75) is 0 Å². The Hall–Kier alpha value is 0.270. The second-order valence-electron chi connectivity index (χ2n) is 0.577. The van der Waals surface area contributed by atoms with E-state index in [1.54, 1.807) is 0 Å². The molecule has 0 amide bonds. The topological polar surface area (TPSA) is 52.0 Å². The zero-order valence-electron chi connectivity index (χ0n) is 3.07. The van der Waals surface area contributed by atoms with Crippen molar-refractivity contribution in [3.63, 3.8) is 0 Å². The first-order valence-corrected chi connectivity index (χ1v) is 1.32. The molecule has 0 bridgehead atoms. The highest BCUT2D eigenvalue weighted by molar-refractivity contribution is 7.59. The van der Waals surface area contributed by atoms with Crippen LogP contribution < -0.4 is 11.5 Å². The van der Waals surface area contributed by atoms with Crippen molar-refractivity contribution in [1.82, 2.24) is 0 Å². The van der Waals surface area contributed by atoms with Gasteiger partial charge in [0.2, 0.25) is 0 Å². The predicted molar refractivity (Wildman–Crippen MR) is 28.5 cm³/mol. The van der Waals surface area contributed by atoms with Crippen LogP contribution in [0.2, 0.25) is 0 Å². The molecule has 0 saturated heterocycles. The number of rotatable bonds is 1. The third kappa shape index (κ3) is 13.6. The van der Waals surface area contributed by atoms with Crippen LogP contribution in [0.1, 0.15) is 0 Å². The van der Waals surface area contributed by atoms with E-state index in [0.717, 1.165) is 0 Å². The van der Waals surface area contributed by atoms with Crippen molar-refractivity contribution in [3.8, 4) is 0 Å². The smallest absolute Gasteiger partial charge is 0.00461 e. The number of hydrogen-bond acceptors (Lipinski definition) is 2. The summed E-state index contributed by atoms with van der Waals surface area (Å²) in [5, 5.41) is 0. The van der Waals surface area contributed by atoms with Crippen molar-refractivity contribution in [1.29, 1.82) is 0 Å². The van der Waals surface area contributed by atoms with Gasteiger partial charge < -0.3 is 11.5 Å². The van der Waals surface area contributed by atoms with Crippen LogP contribution >= 0.6 is 13.5 Å². The molecule has 0 radical (unpaired) electrons. The fourth-order valence-corrected chi connectivity index (χ4v) is 0. The first-order chi connectivity index (χ1) is 1.91. The Morgan fingerprint density at radius 2 is 1.20 bits per heavy atom. The van der Waals surface area contributed by atoms with Gasteiger partial charge in [0.05, 0.1) is 0 Å². The summed E-state index contributed by atoms with van der Waals surface area (Å²) in [7, 11) is 0. The lowest BCUT2D eigenvalue weighted by Gasteiger charge is -1.72. The normalized spacial score (nSPS) is 6.00. The van der Waals surface area contributed by atoms with Crippen LogP contribution in [0.15, 0.2) is 0 Å². The molecule has 0 aliphatic heterocycles. The van der Waals surface area contributed by atoms with Gasteiger partial charge in [0.1, 0.15) is 0 Å². The molecular weight excluding hydrogens is 84.1 g/mol. The first-order valence-electron chi connectivity index (χ1n) is 1.32. The summed E-state index contributed by atoms with van der Waals surface area (Å²) in [5.74, 6) is 0. The van der Waals surface area contributed by atoms with Crippen molar-refractivity contribution in [2.75, 3.05) is 13.1 Å². The fraction of sp³-hybridized carbons (Fsp3) is 1.00. The molecule has 4 N–H and O–H groups in total. The van der Waals surface area contributed by atoms with Gasteiger partial charge in [-0.3, -0.25) is 0 Å². The molecule has 34 valence electrons. The van der Waals surface area contributed by atoms with Gasteiger partial charge >= 0.3 is 0 Å². The van der Waals surface area contributed by atoms with Gasteiger partial charge in [0.25, 0.3) is 0 Å². The molecule has 0 aromatic rings. The van der Waals surface area contributed by atoms with Crippen LogP contribution in [0.5, 0.6) is 0 Å². The Morgan fingerprint density at radius 3 is 1.20 bits per heavy atom. The molecule has 0 saturated carbocycles. The molecule has 0 spiro atoms. The lowest BCUT2D eigenvalue weighted by Crippen LogP contribution is -2.11. The van der Waals surface area contributed by atoms with Crippen LogP contribution in [0.3, 0.4) is 0 Å². The molecular formula is C2H10N2S. The van der Waals surface area contributed by atoms with Gasteiger partial charge in [0, 0.05) is 13.1 Å². The summed E-state index contributed by atoms with van der Waals surface area (Å²) in [6.07, 6.45) is 0. The van der Waals surface area contributed by atoms with E-state index in [1.165, 1.54) is 0 Å². The zero-order valence-corrected chi connectivity index (χ0v) is 4.07. The highest BCUT2D eigenvalue weighted by Gasteiger charge is 1.54. The average molecular weight is 94.2 g/mol. The Balaban J connectivity index is 0. The van der Waals surface area contributed by atoms with Crippen LogP contribution in [0.4, 0.5) is 0 Å². The van der Waals surface area contributed by atoms with Gasteiger partial charge in [-0.2, -0.15) is 13.5 Å². The van der Waals surface area contributed by atoms with Gasteiger partial charge in [-0.05, 0) is 0 Å². The Labute approximate surface area is 39.0 Å². The molecule has 3 heteroatoms. The summed E-state index contributed by atoms with van der Waals surface area (Å²) in [6.45, 7) is 1.19. The maximum atomic E-state index is 4.90. The van der Waals surface area contributed by atoms with Gasteiger partial charge in [0.15, 0.2) is 0 Å². The zero-order chi connectivity index (χ0) is 3.41. The largest absolute Gasteiger partial charge is 0.329 e. The molecule has 0 fully saturated rings. The Kier molecular flexibility index (Phi) is 15.9. The maximum Gasteiger partial charge on any atom is 0.00461 e. The third-order valence-electron chi connectivity index (χ3n) is 0.167. The second-order valence-corrected chi connectivity index (χ2v) is 0.577. The molecule has 2 nitrogen and oxygen atoms in total. The fourth-order valence-electron chi connectivity index (χ4n) is 0. The second kappa shape index (κ2) is 8.86. The summed E-state index contributed by atoms with van der Waals surface area (Å²) in [4.78, 5) is 0. The van der Waals surface area contributed by atoms with E-state index >= 15 is 0 Å². The monoisotopic (exact) mass is 94.1 g/mol. The van der Waals surface area contributed by atoms with E-state index in [9.17, 15) is 0 Å². The van der Waals surface area contributed by atoms with E-state index in [0.29, 0.717) is 13.1 Å². The summed E-state index contributed by atoms with van der Waals surface area (Å²) in [6, 6.07) is 0. The Bertz CT molecular complexity index is 9.61. The molecule has 5 heavy (non-hydrogen) atoms. The van der Waals surface area contributed by atoms with E-state index in [4.69, 9.17) is 11.5 Å². The lowest BCUT2D eigenvalue weighted by molar-refractivity contribution is 0.976. The highest BCUT2D eigenvalue weighted by atomic mass is 32.1. The lowest BCUT2D eigenvalue weighted by atomic mass is 10.7. The minimum atomic E-state index is 0. The predicted octanol–water partition coefficient (Wildman–Crippen LogP) is -0.983. The Morgan fingerprint density at radius 1 is 1.00 bits per heavy atom. The van der Waals surface area contributed by atoms with Crippen LogP contribution in [0, 0.1) is 0 Å². The van der Waals surface area contributed by atoms with E-state index in [2.05, 4.69) is 0 Å². The van der Waals surface area contributed by atoms with Gasteiger partial charge in [-0.25, -0.2) is 0 Å². The van der Waals surface area contributed by atoms with Gasteiger partial charge in [-0.15, -0.1) is 0 Å². The van der Waals surface area contributed by atoms with Crippen molar-refractivity contribution < 1.29 is 0 Å². The third-order valence-corrected chi connectivity index (χ3v) is 0.167. The standard InChI is InChI=1S/C2H8N2.H2S/c3-1-2-4;/h1-4H2;1H2.